The summed E-state index contributed by atoms with van der Waals surface area (Å²) in [6.45, 7) is 12.7. The molecule has 2 saturated heterocycles. The van der Waals surface area contributed by atoms with Gasteiger partial charge < -0.3 is 10.1 Å². The lowest BCUT2D eigenvalue weighted by atomic mass is 9.91. The molecule has 112 valence electrons. The van der Waals surface area contributed by atoms with E-state index in [9.17, 15) is 0 Å². The predicted molar refractivity (Wildman–Crippen MR) is 80.4 cm³/mol. The number of nitrogens with zero attached hydrogens (tertiary/aromatic N) is 1. The van der Waals surface area contributed by atoms with Crippen LogP contribution in [0.3, 0.4) is 0 Å². The number of hydrogen-bond acceptors (Lipinski definition) is 3. The van der Waals surface area contributed by atoms with Gasteiger partial charge in [-0.25, -0.2) is 0 Å². The fraction of sp³-hybridized carbons (Fsp3) is 1.00. The Kier molecular flexibility index (Phi) is 6.11. The first-order valence-corrected chi connectivity index (χ1v) is 8.29. The monoisotopic (exact) mass is 268 g/mol. The second-order valence-corrected chi connectivity index (χ2v) is 6.48. The maximum absolute atomic E-state index is 5.50. The van der Waals surface area contributed by atoms with Gasteiger partial charge in [-0.05, 0) is 31.1 Å². The van der Waals surface area contributed by atoms with E-state index in [0.29, 0.717) is 6.04 Å². The average Bonchev–Trinajstić information content (AvgIpc) is 2.47. The molecule has 3 heteroatoms. The van der Waals surface area contributed by atoms with Crippen LogP contribution in [0.1, 0.15) is 46.5 Å². The molecule has 0 aromatic carbocycles. The lowest BCUT2D eigenvalue weighted by Gasteiger charge is -2.44. The molecule has 0 aliphatic carbocycles. The van der Waals surface area contributed by atoms with E-state index < -0.39 is 0 Å². The lowest BCUT2D eigenvalue weighted by Crippen LogP contribution is -2.59. The molecule has 0 radical (unpaired) electrons. The minimum atomic E-state index is 0.695. The standard InChI is InChI=1S/C16H32N2O/c1-4-13(3)16-10-17-15(5-2)12-18(16)11-14-6-8-19-9-7-14/h13-17H,4-12H2,1-3H3. The highest BCUT2D eigenvalue weighted by Crippen LogP contribution is 2.23. The molecule has 3 unspecified atom stereocenters. The van der Waals surface area contributed by atoms with Crippen LogP contribution in [0, 0.1) is 11.8 Å². The summed E-state index contributed by atoms with van der Waals surface area (Å²) in [5.74, 6) is 1.65. The lowest BCUT2D eigenvalue weighted by molar-refractivity contribution is 0.0249. The van der Waals surface area contributed by atoms with E-state index in [4.69, 9.17) is 4.74 Å². The van der Waals surface area contributed by atoms with Crippen LogP contribution in [0.4, 0.5) is 0 Å². The summed E-state index contributed by atoms with van der Waals surface area (Å²) in [6, 6.07) is 1.43. The van der Waals surface area contributed by atoms with Crippen LogP contribution in [0.5, 0.6) is 0 Å². The van der Waals surface area contributed by atoms with Gasteiger partial charge in [0.25, 0.3) is 0 Å². The Morgan fingerprint density at radius 1 is 1.26 bits per heavy atom. The molecule has 0 spiro atoms. The van der Waals surface area contributed by atoms with Crippen molar-refractivity contribution in [1.82, 2.24) is 10.2 Å². The number of nitrogens with one attached hydrogen (secondary N) is 1. The third-order valence-corrected chi connectivity index (χ3v) is 5.17. The van der Waals surface area contributed by atoms with Gasteiger partial charge in [-0.1, -0.05) is 27.2 Å². The first-order chi connectivity index (χ1) is 9.24. The quantitative estimate of drug-likeness (QED) is 0.829. The minimum absolute atomic E-state index is 0.695. The topological polar surface area (TPSA) is 24.5 Å². The molecule has 2 aliphatic heterocycles. The molecular weight excluding hydrogens is 236 g/mol. The third kappa shape index (κ3) is 4.17. The number of rotatable bonds is 5. The van der Waals surface area contributed by atoms with Gasteiger partial charge in [-0.3, -0.25) is 4.90 Å². The Morgan fingerprint density at radius 2 is 2.00 bits per heavy atom. The van der Waals surface area contributed by atoms with Crippen molar-refractivity contribution in [2.24, 2.45) is 11.8 Å². The largest absolute Gasteiger partial charge is 0.381 e. The zero-order valence-corrected chi connectivity index (χ0v) is 13.0. The summed E-state index contributed by atoms with van der Waals surface area (Å²) < 4.78 is 5.50. The fourth-order valence-electron chi connectivity index (χ4n) is 3.48. The normalized spacial score (nSPS) is 32.4. The number of piperazine rings is 1. The van der Waals surface area contributed by atoms with Crippen molar-refractivity contribution >= 4 is 0 Å². The summed E-state index contributed by atoms with van der Waals surface area (Å²) in [5.41, 5.74) is 0. The van der Waals surface area contributed by atoms with Gasteiger partial charge in [-0.15, -0.1) is 0 Å². The summed E-state index contributed by atoms with van der Waals surface area (Å²) >= 11 is 0. The van der Waals surface area contributed by atoms with Crippen LogP contribution >= 0.6 is 0 Å². The number of hydrogen-bond donors (Lipinski definition) is 1. The molecule has 2 heterocycles. The van der Waals surface area contributed by atoms with Crippen molar-refractivity contribution in [3.8, 4) is 0 Å². The Bertz CT molecular complexity index is 253. The van der Waals surface area contributed by atoms with Crippen LogP contribution < -0.4 is 5.32 Å². The first kappa shape index (κ1) is 15.3. The molecule has 2 fully saturated rings. The van der Waals surface area contributed by atoms with Gasteiger partial charge in [-0.2, -0.15) is 0 Å². The molecule has 2 aliphatic rings. The van der Waals surface area contributed by atoms with Crippen molar-refractivity contribution in [3.63, 3.8) is 0 Å². The molecule has 0 amide bonds. The van der Waals surface area contributed by atoms with E-state index in [1.165, 1.54) is 45.3 Å². The van der Waals surface area contributed by atoms with Crippen molar-refractivity contribution in [2.75, 3.05) is 32.8 Å². The van der Waals surface area contributed by atoms with Gasteiger partial charge in [0.2, 0.25) is 0 Å². The van der Waals surface area contributed by atoms with Crippen molar-refractivity contribution < 1.29 is 4.74 Å². The maximum Gasteiger partial charge on any atom is 0.0469 e. The van der Waals surface area contributed by atoms with Crippen molar-refractivity contribution in [1.29, 1.82) is 0 Å². The molecule has 0 bridgehead atoms. The highest BCUT2D eigenvalue weighted by molar-refractivity contribution is 4.89. The number of ether oxygens (including phenoxy) is 1. The van der Waals surface area contributed by atoms with Gasteiger partial charge in [0.1, 0.15) is 0 Å². The van der Waals surface area contributed by atoms with Gasteiger partial charge in [0, 0.05) is 44.9 Å². The van der Waals surface area contributed by atoms with E-state index in [1.807, 2.05) is 0 Å². The SMILES string of the molecule is CCC1CN(CC2CCOCC2)C(C(C)CC)CN1. The van der Waals surface area contributed by atoms with Crippen molar-refractivity contribution in [3.05, 3.63) is 0 Å². The second kappa shape index (κ2) is 7.61. The van der Waals surface area contributed by atoms with Gasteiger partial charge >= 0.3 is 0 Å². The van der Waals surface area contributed by atoms with Crippen LogP contribution in [0.2, 0.25) is 0 Å². The molecule has 0 saturated carbocycles. The second-order valence-electron chi connectivity index (χ2n) is 6.48. The van der Waals surface area contributed by atoms with Crippen LogP contribution in [-0.4, -0.2) is 49.8 Å². The summed E-state index contributed by atoms with van der Waals surface area (Å²) in [6.07, 6.45) is 5.05. The van der Waals surface area contributed by atoms with Gasteiger partial charge in [0.15, 0.2) is 0 Å². The molecule has 1 N–H and O–H groups in total. The van der Waals surface area contributed by atoms with Crippen LogP contribution in [-0.2, 0) is 4.74 Å². The van der Waals surface area contributed by atoms with E-state index in [0.717, 1.165) is 31.1 Å². The third-order valence-electron chi connectivity index (χ3n) is 5.17. The summed E-state index contributed by atoms with van der Waals surface area (Å²) in [4.78, 5) is 2.79. The summed E-state index contributed by atoms with van der Waals surface area (Å²) in [7, 11) is 0. The molecular formula is C16H32N2O. The smallest absolute Gasteiger partial charge is 0.0469 e. The molecule has 2 rings (SSSR count). The molecule has 0 aromatic heterocycles. The minimum Gasteiger partial charge on any atom is -0.381 e. The predicted octanol–water partition coefficient (Wildman–Crippen LogP) is 2.51. The average molecular weight is 268 g/mol. The highest BCUT2D eigenvalue weighted by atomic mass is 16.5. The fourth-order valence-corrected chi connectivity index (χ4v) is 3.48. The zero-order chi connectivity index (χ0) is 13.7. The Morgan fingerprint density at radius 3 is 2.63 bits per heavy atom. The first-order valence-electron chi connectivity index (χ1n) is 8.29. The molecule has 19 heavy (non-hydrogen) atoms. The van der Waals surface area contributed by atoms with E-state index >= 15 is 0 Å². The van der Waals surface area contributed by atoms with Crippen molar-refractivity contribution in [2.45, 2.75) is 58.5 Å². The Balaban J connectivity index is 1.93. The molecule has 3 atom stereocenters. The van der Waals surface area contributed by atoms with E-state index in [1.54, 1.807) is 0 Å². The van der Waals surface area contributed by atoms with E-state index in [2.05, 4.69) is 31.0 Å². The molecule has 0 aromatic rings. The Labute approximate surface area is 119 Å². The van der Waals surface area contributed by atoms with E-state index in [-0.39, 0.29) is 0 Å². The van der Waals surface area contributed by atoms with Crippen LogP contribution in [0.15, 0.2) is 0 Å². The van der Waals surface area contributed by atoms with Crippen LogP contribution in [0.25, 0.3) is 0 Å². The summed E-state index contributed by atoms with van der Waals surface area (Å²) in [5, 5.41) is 3.73. The van der Waals surface area contributed by atoms with Gasteiger partial charge in [0.05, 0.1) is 0 Å². The molecule has 3 nitrogen and oxygen atoms in total. The Hall–Kier alpha value is -0.120. The zero-order valence-electron chi connectivity index (χ0n) is 13.0. The highest BCUT2D eigenvalue weighted by Gasteiger charge is 2.31. The maximum atomic E-state index is 5.50.